The predicted octanol–water partition coefficient (Wildman–Crippen LogP) is 3.60. The molecule has 1 aromatic rings. The maximum Gasteiger partial charge on any atom is 0.338 e. The van der Waals surface area contributed by atoms with E-state index >= 15 is 0 Å². The molecule has 1 aliphatic rings. The standard InChI is InChI=1S/C18H26O4/c1-12-9-13(7-8-15(12)17(2,3)4)16(19)22-14-10-20-18(5,6)21-11-14/h7-9,14H,10-11H2,1-6H3. The van der Waals surface area contributed by atoms with E-state index < -0.39 is 5.79 Å². The van der Waals surface area contributed by atoms with Crippen molar-refractivity contribution < 1.29 is 19.0 Å². The minimum atomic E-state index is -0.603. The lowest BCUT2D eigenvalue weighted by atomic mass is 9.83. The molecular formula is C18H26O4. The molecule has 0 aromatic heterocycles. The van der Waals surface area contributed by atoms with Crippen molar-refractivity contribution >= 4 is 5.97 Å². The molecule has 1 aliphatic heterocycles. The highest BCUT2D eigenvalue weighted by Gasteiger charge is 2.30. The summed E-state index contributed by atoms with van der Waals surface area (Å²) in [5.41, 5.74) is 2.95. The molecule has 4 nitrogen and oxygen atoms in total. The Balaban J connectivity index is 2.03. The summed E-state index contributed by atoms with van der Waals surface area (Å²) in [6.45, 7) is 12.9. The van der Waals surface area contributed by atoms with Crippen LogP contribution in [0.4, 0.5) is 0 Å². The lowest BCUT2D eigenvalue weighted by Gasteiger charge is -2.34. The summed E-state index contributed by atoms with van der Waals surface area (Å²) in [6, 6.07) is 5.71. The summed E-state index contributed by atoms with van der Waals surface area (Å²) in [5.74, 6) is -0.936. The Hall–Kier alpha value is -1.39. The lowest BCUT2D eigenvalue weighted by Crippen LogP contribution is -2.43. The molecule has 0 bridgehead atoms. The molecule has 1 fully saturated rings. The van der Waals surface area contributed by atoms with Gasteiger partial charge in [0.15, 0.2) is 5.79 Å². The minimum absolute atomic E-state index is 0.0587. The van der Waals surface area contributed by atoms with E-state index in [9.17, 15) is 4.79 Å². The SMILES string of the molecule is Cc1cc(C(=O)OC2COC(C)(C)OC2)ccc1C(C)(C)C. The van der Waals surface area contributed by atoms with Crippen LogP contribution in [0.5, 0.6) is 0 Å². The van der Waals surface area contributed by atoms with Gasteiger partial charge in [0, 0.05) is 0 Å². The van der Waals surface area contributed by atoms with Crippen LogP contribution in [0.25, 0.3) is 0 Å². The molecule has 0 aliphatic carbocycles. The lowest BCUT2D eigenvalue weighted by molar-refractivity contribution is -0.272. The molecule has 0 amide bonds. The van der Waals surface area contributed by atoms with Crippen LogP contribution in [0.2, 0.25) is 0 Å². The number of rotatable bonds is 2. The van der Waals surface area contributed by atoms with Crippen molar-refractivity contribution in [2.75, 3.05) is 13.2 Å². The first-order valence-electron chi connectivity index (χ1n) is 7.68. The van der Waals surface area contributed by atoms with Crippen molar-refractivity contribution in [3.05, 3.63) is 34.9 Å². The molecule has 4 heteroatoms. The van der Waals surface area contributed by atoms with E-state index in [4.69, 9.17) is 14.2 Å². The Bertz CT molecular complexity index is 545. The first kappa shape index (κ1) is 17.0. The number of hydrogen-bond acceptors (Lipinski definition) is 4. The number of hydrogen-bond donors (Lipinski definition) is 0. The van der Waals surface area contributed by atoms with Gasteiger partial charge in [-0.15, -0.1) is 0 Å². The zero-order valence-electron chi connectivity index (χ0n) is 14.4. The van der Waals surface area contributed by atoms with Crippen LogP contribution in [-0.2, 0) is 19.6 Å². The fraction of sp³-hybridized carbons (Fsp3) is 0.611. The third-order valence-corrected chi connectivity index (χ3v) is 3.78. The highest BCUT2D eigenvalue weighted by molar-refractivity contribution is 5.89. The van der Waals surface area contributed by atoms with Crippen molar-refractivity contribution in [1.82, 2.24) is 0 Å². The van der Waals surface area contributed by atoms with Gasteiger partial charge in [-0.05, 0) is 49.4 Å². The van der Waals surface area contributed by atoms with Crippen LogP contribution in [0, 0.1) is 6.92 Å². The van der Waals surface area contributed by atoms with Crippen molar-refractivity contribution in [2.24, 2.45) is 0 Å². The van der Waals surface area contributed by atoms with E-state index in [1.54, 1.807) is 0 Å². The van der Waals surface area contributed by atoms with Gasteiger partial charge in [0.05, 0.1) is 18.8 Å². The third kappa shape index (κ3) is 4.08. The van der Waals surface area contributed by atoms with Gasteiger partial charge in [-0.25, -0.2) is 4.79 Å². The van der Waals surface area contributed by atoms with Gasteiger partial charge in [0.1, 0.15) is 6.10 Å². The van der Waals surface area contributed by atoms with Gasteiger partial charge >= 0.3 is 5.97 Å². The monoisotopic (exact) mass is 306 g/mol. The maximum atomic E-state index is 12.3. The number of aryl methyl sites for hydroxylation is 1. The van der Waals surface area contributed by atoms with Crippen molar-refractivity contribution in [1.29, 1.82) is 0 Å². The molecule has 2 rings (SSSR count). The molecule has 1 aromatic carbocycles. The van der Waals surface area contributed by atoms with Gasteiger partial charge < -0.3 is 14.2 Å². The number of esters is 1. The van der Waals surface area contributed by atoms with E-state index in [1.807, 2.05) is 39.0 Å². The molecule has 1 heterocycles. The fourth-order valence-electron chi connectivity index (χ4n) is 2.60. The first-order valence-corrected chi connectivity index (χ1v) is 7.68. The van der Waals surface area contributed by atoms with E-state index in [2.05, 4.69) is 20.8 Å². The Kier molecular flexibility index (Phi) is 4.64. The van der Waals surface area contributed by atoms with E-state index in [0.29, 0.717) is 18.8 Å². The summed E-state index contributed by atoms with van der Waals surface area (Å²) in [5, 5.41) is 0. The first-order chi connectivity index (χ1) is 10.1. The van der Waals surface area contributed by atoms with Gasteiger partial charge in [-0.2, -0.15) is 0 Å². The average Bonchev–Trinajstić information content (AvgIpc) is 2.39. The second kappa shape index (κ2) is 6.01. The highest BCUT2D eigenvalue weighted by atomic mass is 16.7. The number of carbonyl (C=O) groups is 1. The molecule has 0 radical (unpaired) electrons. The molecule has 122 valence electrons. The quantitative estimate of drug-likeness (QED) is 0.783. The fourth-order valence-corrected chi connectivity index (χ4v) is 2.60. The molecule has 0 saturated carbocycles. The Morgan fingerprint density at radius 1 is 1.23 bits per heavy atom. The third-order valence-electron chi connectivity index (χ3n) is 3.78. The molecular weight excluding hydrogens is 280 g/mol. The van der Waals surface area contributed by atoms with E-state index in [-0.39, 0.29) is 17.5 Å². The van der Waals surface area contributed by atoms with Crippen molar-refractivity contribution in [3.8, 4) is 0 Å². The van der Waals surface area contributed by atoms with Gasteiger partial charge in [0.25, 0.3) is 0 Å². The minimum Gasteiger partial charge on any atom is -0.454 e. The normalized spacial score (nSPS) is 19.0. The molecule has 0 N–H and O–H groups in total. The van der Waals surface area contributed by atoms with E-state index in [0.717, 1.165) is 5.56 Å². The number of carbonyl (C=O) groups excluding carboxylic acids is 1. The van der Waals surface area contributed by atoms with Crippen LogP contribution >= 0.6 is 0 Å². The van der Waals surface area contributed by atoms with Gasteiger partial charge in [-0.1, -0.05) is 26.8 Å². The Morgan fingerprint density at radius 3 is 2.32 bits per heavy atom. The average molecular weight is 306 g/mol. The predicted molar refractivity (Wildman–Crippen MR) is 85.1 cm³/mol. The summed E-state index contributed by atoms with van der Waals surface area (Å²) in [7, 11) is 0. The van der Waals surface area contributed by atoms with Gasteiger partial charge in [0.2, 0.25) is 0 Å². The zero-order valence-corrected chi connectivity index (χ0v) is 14.4. The van der Waals surface area contributed by atoms with E-state index in [1.165, 1.54) is 5.56 Å². The van der Waals surface area contributed by atoms with Crippen LogP contribution < -0.4 is 0 Å². The Labute approximate surface area is 132 Å². The smallest absolute Gasteiger partial charge is 0.338 e. The molecule has 1 saturated heterocycles. The molecule has 0 unspecified atom stereocenters. The van der Waals surface area contributed by atoms with Crippen molar-refractivity contribution in [2.45, 2.75) is 58.8 Å². The van der Waals surface area contributed by atoms with Crippen molar-refractivity contribution in [3.63, 3.8) is 0 Å². The van der Waals surface area contributed by atoms with Crippen LogP contribution in [0.3, 0.4) is 0 Å². The summed E-state index contributed by atoms with van der Waals surface area (Å²) in [4.78, 5) is 12.3. The number of ether oxygens (including phenoxy) is 3. The largest absolute Gasteiger partial charge is 0.454 e. The molecule has 0 spiro atoms. The van der Waals surface area contributed by atoms with Crippen LogP contribution in [0.1, 0.15) is 56.1 Å². The Morgan fingerprint density at radius 2 is 1.82 bits per heavy atom. The van der Waals surface area contributed by atoms with Gasteiger partial charge in [-0.3, -0.25) is 0 Å². The summed E-state index contributed by atoms with van der Waals surface area (Å²) in [6.07, 6.45) is -0.358. The topological polar surface area (TPSA) is 44.8 Å². The summed E-state index contributed by atoms with van der Waals surface area (Å²) < 4.78 is 16.5. The second-order valence-electron chi connectivity index (χ2n) is 7.33. The maximum absolute atomic E-state index is 12.3. The van der Waals surface area contributed by atoms with Crippen LogP contribution in [0.15, 0.2) is 18.2 Å². The zero-order chi connectivity index (χ0) is 16.5. The number of benzene rings is 1. The molecule has 22 heavy (non-hydrogen) atoms. The highest BCUT2D eigenvalue weighted by Crippen LogP contribution is 2.26. The molecule has 0 atom stereocenters. The van der Waals surface area contributed by atoms with Crippen LogP contribution in [-0.4, -0.2) is 31.1 Å². The summed E-state index contributed by atoms with van der Waals surface area (Å²) >= 11 is 0. The second-order valence-corrected chi connectivity index (χ2v) is 7.33.